The van der Waals surface area contributed by atoms with Crippen molar-refractivity contribution in [1.29, 1.82) is 0 Å². The second kappa shape index (κ2) is 7.47. The molecule has 0 radical (unpaired) electrons. The van der Waals surface area contributed by atoms with E-state index in [1.54, 1.807) is 5.19 Å². The van der Waals surface area contributed by atoms with Gasteiger partial charge in [-0.25, -0.2) is 4.62 Å². The van der Waals surface area contributed by atoms with Crippen LogP contribution < -0.4 is 24.0 Å². The zero-order valence-electron chi connectivity index (χ0n) is 16.3. The molecule has 0 saturated carbocycles. The van der Waals surface area contributed by atoms with Gasteiger partial charge < -0.3 is 11.6 Å². The average molecular weight is 379 g/mol. The Labute approximate surface area is 159 Å². The maximum absolute atomic E-state index is 7.29. The maximum Gasteiger partial charge on any atom is 1.00 e. The van der Waals surface area contributed by atoms with Crippen LogP contribution in [0.2, 0.25) is 58.9 Å². The molecule has 0 aliphatic carbocycles. The fourth-order valence-corrected chi connectivity index (χ4v) is 71.3. The quantitative estimate of drug-likeness (QED) is 0.545. The van der Waals surface area contributed by atoms with Crippen LogP contribution in [0.1, 0.15) is 0 Å². The Morgan fingerprint density at radius 1 is 0.727 bits per heavy atom. The molecule has 0 aliphatic heterocycles. The van der Waals surface area contributed by atoms with Crippen molar-refractivity contribution >= 4 is 47.2 Å². The van der Waals surface area contributed by atoms with Gasteiger partial charge in [0.25, 0.3) is 0 Å². The first-order valence-electron chi connectivity index (χ1n) is 7.85. The molecule has 22 heavy (non-hydrogen) atoms. The molecule has 0 spiro atoms. The molecule has 1 aromatic rings. The molecule has 0 amide bonds. The van der Waals surface area contributed by atoms with Gasteiger partial charge >= 0.3 is 18.9 Å². The summed E-state index contributed by atoms with van der Waals surface area (Å²) in [5.74, 6) is 0. The van der Waals surface area contributed by atoms with Gasteiger partial charge in [0.1, 0.15) is 0 Å². The number of rotatable bonds is 5. The van der Waals surface area contributed by atoms with Gasteiger partial charge in [0.2, 0.25) is 0 Å². The predicted molar refractivity (Wildman–Crippen MR) is 111 cm³/mol. The monoisotopic (exact) mass is 378 g/mol. The van der Waals surface area contributed by atoms with Crippen LogP contribution in [0.3, 0.4) is 0 Å². The summed E-state index contributed by atoms with van der Waals surface area (Å²) in [5, 5.41) is 1.61. The molecule has 0 N–H and O–H groups in total. The molecule has 1 rings (SSSR count). The maximum atomic E-state index is 7.29. The van der Waals surface area contributed by atoms with Crippen molar-refractivity contribution in [1.82, 2.24) is 0 Å². The van der Waals surface area contributed by atoms with Crippen molar-refractivity contribution in [2.75, 3.05) is 0 Å². The summed E-state index contributed by atoms with van der Waals surface area (Å²) in [6.45, 7) is 22.7. The van der Waals surface area contributed by atoms with E-state index in [1.807, 2.05) is 0 Å². The fraction of sp³-hybridized carbons (Fsp3) is 0.562. The van der Waals surface area contributed by atoms with Crippen LogP contribution >= 0.6 is 11.6 Å². The van der Waals surface area contributed by atoms with E-state index < -0.39 is 30.4 Å². The molecule has 0 aliphatic rings. The van der Waals surface area contributed by atoms with E-state index in [1.165, 1.54) is 4.62 Å². The molecule has 0 atom stereocenters. The van der Waals surface area contributed by atoms with Crippen LogP contribution in [0.15, 0.2) is 30.3 Å². The van der Waals surface area contributed by atoms with Crippen LogP contribution in [0.5, 0.6) is 0 Å². The Balaban J connectivity index is 0.00000441. The van der Waals surface area contributed by atoms with Crippen LogP contribution in [0, 0.1) is 4.62 Å². The summed E-state index contributed by atoms with van der Waals surface area (Å²) in [4.78, 5) is 0. The van der Waals surface area contributed by atoms with Crippen LogP contribution in [-0.4, -0.2) is 30.4 Å². The molecule has 0 saturated heterocycles. The Bertz CT molecular complexity index is 458. The van der Waals surface area contributed by atoms with E-state index in [0.717, 1.165) is 0 Å². The van der Waals surface area contributed by atoms with Crippen molar-refractivity contribution in [2.45, 2.75) is 58.9 Å². The van der Waals surface area contributed by atoms with Crippen molar-refractivity contribution < 1.29 is 18.9 Å². The number of hydrogen-bond donors (Lipinski definition) is 0. The predicted octanol–water partition coefficient (Wildman–Crippen LogP) is 2.37. The molecule has 0 nitrogen and oxygen atoms in total. The van der Waals surface area contributed by atoms with Crippen molar-refractivity contribution in [3.8, 4) is 0 Å². The first-order valence-corrected chi connectivity index (χ1v) is 22.7. The van der Waals surface area contributed by atoms with Crippen molar-refractivity contribution in [3.05, 3.63) is 35.0 Å². The van der Waals surface area contributed by atoms with E-state index in [9.17, 15) is 0 Å². The first kappa shape index (κ1) is 23.0. The molecule has 0 fully saturated rings. The fourth-order valence-electron chi connectivity index (χ4n) is 4.03. The van der Waals surface area contributed by atoms with Crippen molar-refractivity contribution in [3.63, 3.8) is 0 Å². The van der Waals surface area contributed by atoms with Gasteiger partial charge in [-0.3, -0.25) is 0 Å². The summed E-state index contributed by atoms with van der Waals surface area (Å²) < 4.78 is 1.44. The Hall–Kier alpha value is 0.975. The van der Waals surface area contributed by atoms with Crippen LogP contribution in [0.4, 0.5) is 0 Å². The van der Waals surface area contributed by atoms with Gasteiger partial charge in [0.15, 0.2) is 0 Å². The second-order valence-corrected chi connectivity index (χ2v) is 42.3. The molecule has 0 unspecified atom stereocenters. The van der Waals surface area contributed by atoms with Gasteiger partial charge in [-0.15, -0.1) is 0 Å². The van der Waals surface area contributed by atoms with Gasteiger partial charge in [-0.1, -0.05) is 103 Å². The Morgan fingerprint density at radius 2 is 1.09 bits per heavy atom. The second-order valence-electron chi connectivity index (χ2n) is 9.18. The van der Waals surface area contributed by atoms with Crippen molar-refractivity contribution in [2.24, 2.45) is 0 Å². The summed E-state index contributed by atoms with van der Waals surface area (Å²) >= 11 is 7.29. The zero-order chi connectivity index (χ0) is 16.7. The third kappa shape index (κ3) is 4.14. The topological polar surface area (TPSA) is 0 Å². The average Bonchev–Trinajstić information content (AvgIpc) is 2.25. The normalized spacial score (nSPS) is 14.0. The van der Waals surface area contributed by atoms with Gasteiger partial charge in [0, 0.05) is 15.2 Å². The summed E-state index contributed by atoms with van der Waals surface area (Å²) in [6.07, 6.45) is 0. The molecule has 0 heterocycles. The number of halogens is 1. The SMILES string of the molecule is C[Si](C)(C)[C-](Cl)[Si](c1ccccc1)([Si](C)(C)C)[Si](C)(C)C.[Li+]. The van der Waals surface area contributed by atoms with E-state index in [0.29, 0.717) is 0 Å². The van der Waals surface area contributed by atoms with Gasteiger partial charge in [0.05, 0.1) is 0 Å². The largest absolute Gasteiger partial charge is 1.00 e. The molecular formula is C16H32ClLiSi4. The summed E-state index contributed by atoms with van der Waals surface area (Å²) in [5.41, 5.74) is 0. The van der Waals surface area contributed by atoms with E-state index in [-0.39, 0.29) is 18.9 Å². The number of hydrogen-bond acceptors (Lipinski definition) is 0. The summed E-state index contributed by atoms with van der Waals surface area (Å²) in [6, 6.07) is 11.3. The minimum absolute atomic E-state index is 0. The third-order valence-electron chi connectivity index (χ3n) is 4.44. The van der Waals surface area contributed by atoms with Crippen LogP contribution in [0.25, 0.3) is 0 Å². The molecule has 120 valence electrons. The first-order chi connectivity index (χ1) is 9.26. The minimum Gasteiger partial charge on any atom is -0.349 e. The summed E-state index contributed by atoms with van der Waals surface area (Å²) in [7, 11) is -6.12. The zero-order valence-corrected chi connectivity index (χ0v) is 21.0. The molecule has 6 heteroatoms. The number of benzene rings is 1. The Kier molecular flexibility index (Phi) is 7.80. The molecule has 0 bridgehead atoms. The standard InChI is InChI=1S/C16H32ClSi4.Li/c1-18(2,3)16(17)21(19(4,5)6,20(7,8)9)15-13-11-10-12-14-15;/h10-14H,1-9H3;/q-1;+1. The molecular weight excluding hydrogens is 347 g/mol. The van der Waals surface area contributed by atoms with Gasteiger partial charge in [-0.05, 0) is 7.11 Å². The van der Waals surface area contributed by atoms with Gasteiger partial charge in [-0.2, -0.15) is 0 Å². The van der Waals surface area contributed by atoms with E-state index in [4.69, 9.17) is 11.6 Å². The molecule has 0 aromatic heterocycles. The Morgan fingerprint density at radius 3 is 1.36 bits per heavy atom. The van der Waals surface area contributed by atoms with E-state index >= 15 is 0 Å². The van der Waals surface area contributed by atoms with Crippen LogP contribution in [-0.2, 0) is 0 Å². The molecule has 1 aromatic carbocycles. The smallest absolute Gasteiger partial charge is 0.349 e. The third-order valence-corrected chi connectivity index (χ3v) is 50.7. The van der Waals surface area contributed by atoms with E-state index in [2.05, 4.69) is 89.3 Å². The minimum atomic E-state index is -1.79.